The molecule has 0 aliphatic heterocycles. The Hall–Kier alpha value is -3.09. The Balaban J connectivity index is 0.00000289. The Kier molecular flexibility index (Phi) is 6.49. The fraction of sp³-hybridized carbons (Fsp3) is 0. The van der Waals surface area contributed by atoms with Crippen molar-refractivity contribution in [2.45, 2.75) is 4.90 Å². The smallest absolute Gasteiger partial charge is 0.506 e. The molecule has 32 heavy (non-hydrogen) atoms. The summed E-state index contributed by atoms with van der Waals surface area (Å²) in [5, 5.41) is 40.8. The first-order valence-electron chi connectivity index (χ1n) is 8.71. The molecule has 0 fully saturated rings. The summed E-state index contributed by atoms with van der Waals surface area (Å²) in [6.07, 6.45) is 0. The van der Waals surface area contributed by atoms with Crippen LogP contribution in [-0.4, -0.2) is 28.1 Å². The van der Waals surface area contributed by atoms with Crippen molar-refractivity contribution in [3.63, 3.8) is 0 Å². The van der Waals surface area contributed by atoms with Gasteiger partial charge in [-0.2, -0.15) is 8.42 Å². The van der Waals surface area contributed by atoms with Gasteiger partial charge in [0.1, 0.15) is 22.0 Å². The van der Waals surface area contributed by atoms with E-state index in [2.05, 4.69) is 10.2 Å². The van der Waals surface area contributed by atoms with Gasteiger partial charge in [0, 0.05) is 22.9 Å². The summed E-state index contributed by atoms with van der Waals surface area (Å²) in [5.41, 5.74) is -0.802. The van der Waals surface area contributed by atoms with Gasteiger partial charge in [-0.25, -0.2) is 0 Å². The van der Waals surface area contributed by atoms with Crippen molar-refractivity contribution in [2.75, 3.05) is 0 Å². The van der Waals surface area contributed by atoms with Gasteiger partial charge in [0.2, 0.25) is 0 Å². The quantitative estimate of drug-likeness (QED) is 0.137. The van der Waals surface area contributed by atoms with E-state index in [0.29, 0.717) is 11.5 Å². The molecule has 3 N–H and O–H groups in total. The van der Waals surface area contributed by atoms with Crippen molar-refractivity contribution < 1.29 is 57.7 Å². The maximum absolute atomic E-state index is 11.8. The number of benzene rings is 4. The first kappa shape index (κ1) is 23.6. The molecule has 0 saturated heterocycles. The van der Waals surface area contributed by atoms with Gasteiger partial charge in [-0.1, -0.05) is 42.5 Å². The van der Waals surface area contributed by atoms with E-state index in [1.54, 1.807) is 30.3 Å². The van der Waals surface area contributed by atoms with Gasteiger partial charge in [0.25, 0.3) is 15.8 Å². The number of rotatable bonds is 4. The summed E-state index contributed by atoms with van der Waals surface area (Å²) < 4.78 is 33.0. The number of non-ortho nitro benzene ring substituents is 1. The van der Waals surface area contributed by atoms with E-state index in [4.69, 9.17) is 0 Å². The van der Waals surface area contributed by atoms with E-state index < -0.39 is 36.8 Å². The molecule has 4 aromatic carbocycles. The van der Waals surface area contributed by atoms with Crippen LogP contribution in [0.1, 0.15) is 0 Å². The average Bonchev–Trinajstić information content (AvgIpc) is 2.72. The van der Waals surface area contributed by atoms with E-state index in [0.717, 1.165) is 11.5 Å². The molecule has 4 rings (SSSR count). The first-order valence-corrected chi connectivity index (χ1v) is 10.2. The van der Waals surface area contributed by atoms with Gasteiger partial charge in [0.15, 0.2) is 5.75 Å². The Bertz CT molecular complexity index is 1520. The third-order valence-corrected chi connectivity index (χ3v) is 5.54. The number of phenols is 2. The summed E-state index contributed by atoms with van der Waals surface area (Å²) in [6.45, 7) is 0. The Labute approximate surface area is 203 Å². The van der Waals surface area contributed by atoms with Crippen LogP contribution in [0.15, 0.2) is 75.8 Å². The summed E-state index contributed by atoms with van der Waals surface area (Å²) in [7, 11) is -4.90. The van der Waals surface area contributed by atoms with Crippen molar-refractivity contribution in [1.82, 2.24) is 0 Å². The fourth-order valence-electron chi connectivity index (χ4n) is 3.29. The van der Waals surface area contributed by atoms with Gasteiger partial charge in [-0.05, 0) is 11.5 Å². The van der Waals surface area contributed by atoms with Gasteiger partial charge in [0.05, 0.1) is 10.3 Å². The van der Waals surface area contributed by atoms with E-state index in [9.17, 15) is 33.3 Å². The number of nitrogens with zero attached hydrogens (tertiary/aromatic N) is 3. The van der Waals surface area contributed by atoms with Crippen LogP contribution in [0.2, 0.25) is 0 Å². The number of hydrogen-bond acceptors (Lipinski definition) is 8. The van der Waals surface area contributed by atoms with E-state index in [-0.39, 0.29) is 52.1 Å². The minimum absolute atomic E-state index is 0. The monoisotopic (exact) mass is 462 g/mol. The number of nitro benzene ring substituents is 1. The SMILES string of the molecule is O=[N+]([O-])c1cccc2c(N=Nc3ccc4ccccc4c3O)c(O)cc(S(=O)(=O)O)c12.[Na+]. The maximum atomic E-state index is 11.8. The normalized spacial score (nSPS) is 11.7. The van der Waals surface area contributed by atoms with Crippen LogP contribution < -0.4 is 29.6 Å². The molecule has 0 bridgehead atoms. The predicted octanol–water partition coefficient (Wildman–Crippen LogP) is 1.98. The molecule has 0 amide bonds. The number of aromatic hydroxyl groups is 2. The number of nitro groups is 1. The zero-order valence-electron chi connectivity index (χ0n) is 16.5. The Morgan fingerprint density at radius 1 is 0.906 bits per heavy atom. The van der Waals surface area contributed by atoms with Crippen molar-refractivity contribution in [3.8, 4) is 11.5 Å². The Morgan fingerprint density at radius 2 is 1.59 bits per heavy atom. The molecular formula is C20H13N3NaO7S+. The molecule has 12 heteroatoms. The molecule has 0 spiro atoms. The van der Waals surface area contributed by atoms with Crippen LogP contribution in [-0.2, 0) is 10.1 Å². The average molecular weight is 462 g/mol. The molecule has 0 unspecified atom stereocenters. The third kappa shape index (κ3) is 4.16. The summed E-state index contributed by atoms with van der Waals surface area (Å²) in [4.78, 5) is 9.77. The second kappa shape index (κ2) is 8.81. The molecular weight excluding hydrogens is 449 g/mol. The minimum atomic E-state index is -4.90. The maximum Gasteiger partial charge on any atom is 1.00 e. The van der Waals surface area contributed by atoms with Crippen LogP contribution in [0.25, 0.3) is 21.5 Å². The standard InChI is InChI=1S/C20H13N3O7S.Na/c24-16-10-17(31(28,29)30)18-13(6-3-7-15(18)23(26)27)19(16)22-21-14-9-8-11-4-1-2-5-12(11)20(14)25;/h1-10,24-25H,(H,28,29,30);/q;+1. The predicted molar refractivity (Wildman–Crippen MR) is 112 cm³/mol. The fourth-order valence-corrected chi connectivity index (χ4v) is 4.02. The van der Waals surface area contributed by atoms with E-state index >= 15 is 0 Å². The second-order valence-corrected chi connectivity index (χ2v) is 7.92. The molecule has 0 saturated carbocycles. The number of fused-ring (bicyclic) bond motifs is 2. The van der Waals surface area contributed by atoms with E-state index in [1.165, 1.54) is 18.2 Å². The van der Waals surface area contributed by atoms with Crippen LogP contribution >= 0.6 is 0 Å². The van der Waals surface area contributed by atoms with Crippen LogP contribution in [0.3, 0.4) is 0 Å². The van der Waals surface area contributed by atoms with Crippen molar-refractivity contribution in [1.29, 1.82) is 0 Å². The topological polar surface area (TPSA) is 163 Å². The molecule has 0 aromatic heterocycles. The molecule has 10 nitrogen and oxygen atoms in total. The summed E-state index contributed by atoms with van der Waals surface area (Å²) in [6, 6.07) is 14.5. The van der Waals surface area contributed by atoms with Crippen LogP contribution in [0.5, 0.6) is 11.5 Å². The number of azo groups is 1. The molecule has 0 aliphatic rings. The molecule has 4 aromatic rings. The molecule has 0 atom stereocenters. The second-order valence-electron chi connectivity index (χ2n) is 6.53. The van der Waals surface area contributed by atoms with Crippen LogP contribution in [0.4, 0.5) is 17.1 Å². The van der Waals surface area contributed by atoms with Crippen molar-refractivity contribution in [3.05, 3.63) is 70.8 Å². The Morgan fingerprint density at radius 3 is 2.28 bits per heavy atom. The zero-order chi connectivity index (χ0) is 22.3. The van der Waals surface area contributed by atoms with E-state index in [1.807, 2.05) is 0 Å². The minimum Gasteiger partial charge on any atom is -0.506 e. The van der Waals surface area contributed by atoms with Gasteiger partial charge < -0.3 is 10.2 Å². The first-order chi connectivity index (χ1) is 14.7. The molecule has 0 radical (unpaired) electrons. The van der Waals surface area contributed by atoms with Gasteiger partial charge in [-0.15, -0.1) is 10.2 Å². The van der Waals surface area contributed by atoms with Gasteiger partial charge >= 0.3 is 29.6 Å². The van der Waals surface area contributed by atoms with Crippen molar-refractivity contribution >= 4 is 48.7 Å². The molecule has 0 heterocycles. The number of phenolic OH excluding ortho intramolecular Hbond substituents is 2. The molecule has 0 aliphatic carbocycles. The van der Waals surface area contributed by atoms with Crippen LogP contribution in [0, 0.1) is 10.1 Å². The largest absolute Gasteiger partial charge is 1.00 e. The summed E-state index contributed by atoms with van der Waals surface area (Å²) >= 11 is 0. The zero-order valence-corrected chi connectivity index (χ0v) is 19.3. The van der Waals surface area contributed by atoms with Crippen molar-refractivity contribution in [2.24, 2.45) is 10.2 Å². The van der Waals surface area contributed by atoms with Gasteiger partial charge in [-0.3, -0.25) is 14.7 Å². The number of hydrogen-bond donors (Lipinski definition) is 3. The third-order valence-electron chi connectivity index (χ3n) is 4.67. The molecule has 156 valence electrons. The summed E-state index contributed by atoms with van der Waals surface area (Å²) in [5.74, 6) is -0.837.